The van der Waals surface area contributed by atoms with Gasteiger partial charge < -0.3 is 0 Å². The van der Waals surface area contributed by atoms with Crippen LogP contribution in [0.3, 0.4) is 0 Å². The van der Waals surface area contributed by atoms with E-state index < -0.39 is 0 Å². The van der Waals surface area contributed by atoms with Crippen molar-refractivity contribution in [1.82, 2.24) is 5.43 Å². The van der Waals surface area contributed by atoms with Crippen molar-refractivity contribution < 1.29 is 4.79 Å². The van der Waals surface area contributed by atoms with Gasteiger partial charge in [-0.15, -0.1) is 0 Å². The molecule has 0 spiro atoms. The Balaban J connectivity index is 2.95. The molecule has 0 bridgehead atoms. The van der Waals surface area contributed by atoms with E-state index in [2.05, 4.69) is 12.3 Å². The van der Waals surface area contributed by atoms with Gasteiger partial charge >= 0.3 is 0 Å². The highest BCUT2D eigenvalue weighted by atomic mass is 35.5. The first kappa shape index (κ1) is 11.0. The van der Waals surface area contributed by atoms with Crippen molar-refractivity contribution in [2.45, 2.75) is 19.8 Å². The maximum absolute atomic E-state index is 11.2. The van der Waals surface area contributed by atoms with Crippen molar-refractivity contribution in [3.63, 3.8) is 0 Å². The van der Waals surface area contributed by atoms with Gasteiger partial charge in [-0.2, -0.15) is 0 Å². The van der Waals surface area contributed by atoms with E-state index in [9.17, 15) is 4.79 Å². The highest BCUT2D eigenvalue weighted by Crippen LogP contribution is 2.18. The number of benzene rings is 1. The Morgan fingerprint density at radius 2 is 2.29 bits per heavy atom. The summed E-state index contributed by atoms with van der Waals surface area (Å²) in [5.74, 6) is 4.65. The maximum Gasteiger partial charge on any atom is 0.266 e. The Hall–Kier alpha value is -1.06. The van der Waals surface area contributed by atoms with E-state index in [4.69, 9.17) is 17.4 Å². The number of halogens is 1. The number of hydrazine groups is 1. The van der Waals surface area contributed by atoms with E-state index in [1.165, 1.54) is 0 Å². The average Bonchev–Trinajstić information content (AvgIpc) is 2.17. The Kier molecular flexibility index (Phi) is 3.92. The number of hydrogen-bond donors (Lipinski definition) is 2. The molecular formula is C10H13ClN2O. The predicted molar refractivity (Wildman–Crippen MR) is 57.1 cm³/mol. The molecule has 0 heterocycles. The van der Waals surface area contributed by atoms with Crippen LogP contribution in [0, 0.1) is 0 Å². The van der Waals surface area contributed by atoms with Gasteiger partial charge in [-0.3, -0.25) is 10.2 Å². The molecule has 3 N–H and O–H groups in total. The van der Waals surface area contributed by atoms with Gasteiger partial charge in [0.05, 0.1) is 10.6 Å². The van der Waals surface area contributed by atoms with E-state index in [-0.39, 0.29) is 5.91 Å². The Labute approximate surface area is 88.2 Å². The van der Waals surface area contributed by atoms with E-state index in [1.807, 2.05) is 6.07 Å². The van der Waals surface area contributed by atoms with Crippen molar-refractivity contribution >= 4 is 17.5 Å². The van der Waals surface area contributed by atoms with Gasteiger partial charge in [0.2, 0.25) is 0 Å². The molecule has 0 fully saturated rings. The second-order valence-electron chi connectivity index (χ2n) is 3.04. The van der Waals surface area contributed by atoms with Gasteiger partial charge in [-0.1, -0.05) is 31.0 Å². The lowest BCUT2D eigenvalue weighted by Crippen LogP contribution is -2.30. The minimum absolute atomic E-state index is 0.363. The van der Waals surface area contributed by atoms with Crippen LogP contribution in [0.15, 0.2) is 18.2 Å². The van der Waals surface area contributed by atoms with E-state index in [0.717, 1.165) is 18.4 Å². The van der Waals surface area contributed by atoms with E-state index >= 15 is 0 Å². The number of amides is 1. The maximum atomic E-state index is 11.2. The average molecular weight is 213 g/mol. The van der Waals surface area contributed by atoms with Gasteiger partial charge in [0, 0.05) is 0 Å². The number of nitrogen functional groups attached to an aromatic ring is 1. The first-order valence-corrected chi connectivity index (χ1v) is 4.86. The molecule has 1 aromatic rings. The van der Waals surface area contributed by atoms with Gasteiger partial charge in [0.1, 0.15) is 0 Å². The molecule has 0 aliphatic heterocycles. The van der Waals surface area contributed by atoms with Crippen LogP contribution in [-0.4, -0.2) is 5.91 Å². The zero-order valence-electron chi connectivity index (χ0n) is 8.01. The number of hydrogen-bond acceptors (Lipinski definition) is 2. The van der Waals surface area contributed by atoms with Crippen molar-refractivity contribution in [3.8, 4) is 0 Å². The predicted octanol–water partition coefficient (Wildman–Crippen LogP) is 1.90. The van der Waals surface area contributed by atoms with Gasteiger partial charge in [0.25, 0.3) is 5.91 Å². The molecule has 0 aliphatic carbocycles. The molecule has 76 valence electrons. The molecule has 0 radical (unpaired) electrons. The molecular weight excluding hydrogens is 200 g/mol. The van der Waals surface area contributed by atoms with Crippen LogP contribution < -0.4 is 11.3 Å². The second kappa shape index (κ2) is 4.98. The molecule has 0 aromatic heterocycles. The Bertz CT molecular complexity index is 339. The molecule has 0 unspecified atom stereocenters. The summed E-state index contributed by atoms with van der Waals surface area (Å²) in [7, 11) is 0. The SMILES string of the molecule is CCCc1ccc(C(=O)NN)c(Cl)c1. The number of carbonyl (C=O) groups is 1. The third-order valence-electron chi connectivity index (χ3n) is 1.95. The summed E-state index contributed by atoms with van der Waals surface area (Å²) in [6, 6.07) is 5.38. The van der Waals surface area contributed by atoms with Gasteiger partial charge in [0.15, 0.2) is 0 Å². The Morgan fingerprint density at radius 1 is 1.57 bits per heavy atom. The molecule has 4 heteroatoms. The first-order chi connectivity index (χ1) is 6.69. The lowest BCUT2D eigenvalue weighted by molar-refractivity contribution is 0.0954. The van der Waals surface area contributed by atoms with Crippen LogP contribution in [0.4, 0.5) is 0 Å². The topological polar surface area (TPSA) is 55.1 Å². The number of nitrogens with two attached hydrogens (primary N) is 1. The third-order valence-corrected chi connectivity index (χ3v) is 2.26. The molecule has 0 saturated carbocycles. The highest BCUT2D eigenvalue weighted by molar-refractivity contribution is 6.33. The van der Waals surface area contributed by atoms with Crippen molar-refractivity contribution in [3.05, 3.63) is 34.3 Å². The summed E-state index contributed by atoms with van der Waals surface area (Å²) >= 11 is 5.92. The van der Waals surface area contributed by atoms with Crippen molar-refractivity contribution in [2.75, 3.05) is 0 Å². The summed E-state index contributed by atoms with van der Waals surface area (Å²) in [6.07, 6.45) is 2.02. The smallest absolute Gasteiger partial charge is 0.266 e. The van der Waals surface area contributed by atoms with Gasteiger partial charge in [-0.25, -0.2) is 5.84 Å². The fraction of sp³-hybridized carbons (Fsp3) is 0.300. The zero-order valence-corrected chi connectivity index (χ0v) is 8.77. The van der Waals surface area contributed by atoms with Crippen LogP contribution in [0.1, 0.15) is 29.3 Å². The number of rotatable bonds is 3. The van der Waals surface area contributed by atoms with Crippen LogP contribution in [0.25, 0.3) is 0 Å². The minimum atomic E-state index is -0.363. The molecule has 1 amide bonds. The lowest BCUT2D eigenvalue weighted by atomic mass is 10.1. The quantitative estimate of drug-likeness (QED) is 0.457. The third kappa shape index (κ3) is 2.47. The summed E-state index contributed by atoms with van der Waals surface area (Å²) in [4.78, 5) is 11.2. The number of nitrogens with one attached hydrogen (secondary N) is 1. The van der Waals surface area contributed by atoms with Gasteiger partial charge in [-0.05, 0) is 24.1 Å². The fourth-order valence-electron chi connectivity index (χ4n) is 1.26. The molecule has 0 saturated heterocycles. The van der Waals surface area contributed by atoms with E-state index in [0.29, 0.717) is 10.6 Å². The molecule has 1 aromatic carbocycles. The zero-order chi connectivity index (χ0) is 10.6. The van der Waals surface area contributed by atoms with Crippen LogP contribution >= 0.6 is 11.6 Å². The summed E-state index contributed by atoms with van der Waals surface area (Å²) in [5, 5.41) is 0.443. The Morgan fingerprint density at radius 3 is 2.79 bits per heavy atom. The van der Waals surface area contributed by atoms with Crippen molar-refractivity contribution in [1.29, 1.82) is 0 Å². The normalized spacial score (nSPS) is 9.93. The number of aryl methyl sites for hydroxylation is 1. The van der Waals surface area contributed by atoms with Crippen LogP contribution in [0.5, 0.6) is 0 Å². The molecule has 0 atom stereocenters. The highest BCUT2D eigenvalue weighted by Gasteiger charge is 2.08. The summed E-state index contributed by atoms with van der Waals surface area (Å²) < 4.78 is 0. The van der Waals surface area contributed by atoms with E-state index in [1.54, 1.807) is 12.1 Å². The van der Waals surface area contributed by atoms with Crippen molar-refractivity contribution in [2.24, 2.45) is 5.84 Å². The lowest BCUT2D eigenvalue weighted by Gasteiger charge is -2.04. The molecule has 3 nitrogen and oxygen atoms in total. The first-order valence-electron chi connectivity index (χ1n) is 4.48. The van der Waals surface area contributed by atoms with Crippen LogP contribution in [-0.2, 0) is 6.42 Å². The summed E-state index contributed by atoms with van der Waals surface area (Å²) in [5.41, 5.74) is 3.59. The fourth-order valence-corrected chi connectivity index (χ4v) is 1.55. The molecule has 0 aliphatic rings. The number of carbonyl (C=O) groups excluding carboxylic acids is 1. The standard InChI is InChI=1S/C10H13ClN2O/c1-2-3-7-4-5-8(9(11)6-7)10(14)13-12/h4-6H,2-3,12H2,1H3,(H,13,14). The summed E-state index contributed by atoms with van der Waals surface area (Å²) in [6.45, 7) is 2.09. The van der Waals surface area contributed by atoms with Crippen LogP contribution in [0.2, 0.25) is 5.02 Å². The largest absolute Gasteiger partial charge is 0.290 e. The minimum Gasteiger partial charge on any atom is -0.290 e. The monoisotopic (exact) mass is 212 g/mol. The second-order valence-corrected chi connectivity index (χ2v) is 3.44. The molecule has 14 heavy (non-hydrogen) atoms. The molecule has 1 rings (SSSR count).